The van der Waals surface area contributed by atoms with Gasteiger partial charge in [-0.3, -0.25) is 4.90 Å². The Morgan fingerprint density at radius 3 is 2.26 bits per heavy atom. The van der Waals surface area contributed by atoms with Crippen LogP contribution in [0.5, 0.6) is 0 Å². The zero-order valence-electron chi connectivity index (χ0n) is 19.1. The number of rotatable bonds is 6. The fraction of sp³-hybridized carbons (Fsp3) is 0.692. The lowest BCUT2D eigenvalue weighted by molar-refractivity contribution is 0.0225. The molecule has 1 aliphatic heterocycles. The molecular weight excluding hydrogens is 384 g/mol. The number of benzene rings is 1. The van der Waals surface area contributed by atoms with Crippen molar-refractivity contribution in [2.45, 2.75) is 68.9 Å². The molecule has 0 bridgehead atoms. The Kier molecular flexibility index (Phi) is 5.05. The number of nitrogens with zero attached hydrogens (tertiary/aromatic N) is 4. The van der Waals surface area contributed by atoms with E-state index in [1.54, 1.807) is 0 Å². The maximum Gasteiger partial charge on any atom is 0.320 e. The average Bonchev–Trinajstić information content (AvgIpc) is 3.55. The van der Waals surface area contributed by atoms with Gasteiger partial charge in [-0.1, -0.05) is 36.8 Å². The van der Waals surface area contributed by atoms with Crippen molar-refractivity contribution >= 4 is 6.03 Å². The highest BCUT2D eigenvalue weighted by molar-refractivity contribution is 5.78. The zero-order valence-corrected chi connectivity index (χ0v) is 19.1. The maximum atomic E-state index is 13.6. The molecule has 1 aromatic carbocycles. The zero-order chi connectivity index (χ0) is 21.7. The summed E-state index contributed by atoms with van der Waals surface area (Å²) < 4.78 is 0. The number of carbonyl (C=O) groups excluding carboxylic acids is 1. The molecule has 1 heterocycles. The van der Waals surface area contributed by atoms with Crippen molar-refractivity contribution < 1.29 is 4.79 Å². The molecule has 1 aromatic rings. The summed E-state index contributed by atoms with van der Waals surface area (Å²) in [5.74, 6) is 0.684. The summed E-state index contributed by atoms with van der Waals surface area (Å²) in [5, 5.41) is 9.75. The minimum Gasteiger partial charge on any atom is -0.321 e. The molecule has 4 fully saturated rings. The second-order valence-electron chi connectivity index (χ2n) is 11.0. The molecule has 166 valence electrons. The van der Waals surface area contributed by atoms with E-state index >= 15 is 0 Å². The largest absolute Gasteiger partial charge is 0.321 e. The quantitative estimate of drug-likeness (QED) is 0.676. The molecule has 0 N–H and O–H groups in total. The fourth-order valence-electron chi connectivity index (χ4n) is 6.41. The summed E-state index contributed by atoms with van der Waals surface area (Å²) in [5.41, 5.74) is 1.07. The van der Waals surface area contributed by atoms with Crippen LogP contribution in [0.4, 0.5) is 4.79 Å². The monoisotopic (exact) mass is 420 g/mol. The first-order valence-corrected chi connectivity index (χ1v) is 12.1. The van der Waals surface area contributed by atoms with Gasteiger partial charge < -0.3 is 9.80 Å². The summed E-state index contributed by atoms with van der Waals surface area (Å²) in [6.45, 7) is 2.35. The van der Waals surface area contributed by atoms with Crippen LogP contribution in [-0.2, 0) is 5.54 Å². The highest BCUT2D eigenvalue weighted by Crippen LogP contribution is 2.51. The lowest BCUT2D eigenvalue weighted by Crippen LogP contribution is -2.55. The highest BCUT2D eigenvalue weighted by atomic mass is 16.2. The molecule has 5 nitrogen and oxygen atoms in total. The van der Waals surface area contributed by atoms with Crippen LogP contribution in [0.15, 0.2) is 30.3 Å². The molecule has 1 saturated heterocycles. The van der Waals surface area contributed by atoms with E-state index in [1.165, 1.54) is 18.4 Å². The topological polar surface area (TPSA) is 50.6 Å². The molecule has 5 rings (SSSR count). The van der Waals surface area contributed by atoms with E-state index in [9.17, 15) is 10.1 Å². The average molecular weight is 421 g/mol. The van der Waals surface area contributed by atoms with E-state index in [2.05, 4.69) is 65.2 Å². The molecule has 0 atom stereocenters. The van der Waals surface area contributed by atoms with Gasteiger partial charge in [0.25, 0.3) is 0 Å². The maximum absolute atomic E-state index is 13.6. The molecular formula is C26H36N4O. The molecule has 0 radical (unpaired) electrons. The lowest BCUT2D eigenvalue weighted by atomic mass is 9.67. The molecule has 3 saturated carbocycles. The lowest BCUT2D eigenvalue weighted by Gasteiger charge is -2.51. The van der Waals surface area contributed by atoms with E-state index < -0.39 is 0 Å². The Bertz CT molecular complexity index is 857. The summed E-state index contributed by atoms with van der Waals surface area (Å²) >= 11 is 0. The Balaban J connectivity index is 1.39. The van der Waals surface area contributed by atoms with Crippen LogP contribution in [0.2, 0.25) is 0 Å². The van der Waals surface area contributed by atoms with Gasteiger partial charge in [-0.15, -0.1) is 0 Å². The highest BCUT2D eigenvalue weighted by Gasteiger charge is 2.56. The minimum atomic E-state index is -0.293. The van der Waals surface area contributed by atoms with Crippen LogP contribution >= 0.6 is 0 Å². The van der Waals surface area contributed by atoms with Crippen molar-refractivity contribution in [3.63, 3.8) is 0 Å². The molecule has 1 spiro atoms. The standard InChI is InChI=1S/C26H36N4O/c1-28(2)26(22-7-4-3-5-8-22)15-13-25(14-16-26)20-29(19-24(18-27)11-6-12-24)23(31)30(25)17-21-9-10-21/h3-5,7-8,21H,6,9-17,19-20H2,1-2H3/t25-,26+. The van der Waals surface area contributed by atoms with Crippen molar-refractivity contribution in [3.8, 4) is 6.07 Å². The van der Waals surface area contributed by atoms with Crippen LogP contribution < -0.4 is 0 Å². The summed E-state index contributed by atoms with van der Waals surface area (Å²) in [7, 11) is 4.40. The summed E-state index contributed by atoms with van der Waals surface area (Å²) in [4.78, 5) is 20.3. The Morgan fingerprint density at radius 2 is 1.74 bits per heavy atom. The molecule has 0 aromatic heterocycles. The Hall–Kier alpha value is -2.06. The Morgan fingerprint density at radius 1 is 1.06 bits per heavy atom. The number of nitriles is 1. The van der Waals surface area contributed by atoms with Gasteiger partial charge in [-0.25, -0.2) is 4.79 Å². The third-order valence-corrected chi connectivity index (χ3v) is 8.91. The van der Waals surface area contributed by atoms with Gasteiger partial charge in [-0.05, 0) is 76.9 Å². The first kappa shape index (κ1) is 20.8. The predicted molar refractivity (Wildman–Crippen MR) is 121 cm³/mol. The van der Waals surface area contributed by atoms with E-state index in [-0.39, 0.29) is 22.5 Å². The first-order chi connectivity index (χ1) is 14.9. The summed E-state index contributed by atoms with van der Waals surface area (Å²) in [6, 6.07) is 13.7. The van der Waals surface area contributed by atoms with E-state index in [0.29, 0.717) is 12.5 Å². The van der Waals surface area contributed by atoms with E-state index in [1.807, 2.05) is 0 Å². The number of urea groups is 1. The third-order valence-electron chi connectivity index (χ3n) is 8.91. The van der Waals surface area contributed by atoms with Crippen molar-refractivity contribution in [2.24, 2.45) is 11.3 Å². The van der Waals surface area contributed by atoms with Gasteiger partial charge in [-0.2, -0.15) is 5.26 Å². The van der Waals surface area contributed by atoms with Crippen molar-refractivity contribution in [1.82, 2.24) is 14.7 Å². The smallest absolute Gasteiger partial charge is 0.320 e. The predicted octanol–water partition coefficient (Wildman–Crippen LogP) is 4.60. The van der Waals surface area contributed by atoms with Crippen molar-refractivity contribution in [3.05, 3.63) is 35.9 Å². The number of amides is 2. The number of carbonyl (C=O) groups is 1. The Labute approximate surface area is 187 Å². The fourth-order valence-corrected chi connectivity index (χ4v) is 6.41. The van der Waals surface area contributed by atoms with E-state index in [0.717, 1.165) is 58.0 Å². The summed E-state index contributed by atoms with van der Waals surface area (Å²) in [6.07, 6.45) is 9.73. The van der Waals surface area contributed by atoms with Gasteiger partial charge in [0.05, 0.1) is 17.0 Å². The van der Waals surface area contributed by atoms with Crippen molar-refractivity contribution in [1.29, 1.82) is 5.26 Å². The SMILES string of the molecule is CN(C)[C@]1(c2ccccc2)CC[C@]2(CC1)CN(CC1(C#N)CCC1)C(=O)N2CC1CC1. The van der Waals surface area contributed by atoms with Gasteiger partial charge in [0.15, 0.2) is 0 Å². The minimum absolute atomic E-state index is 0.0378. The normalized spacial score (nSPS) is 32.4. The van der Waals surface area contributed by atoms with E-state index in [4.69, 9.17) is 0 Å². The second kappa shape index (κ2) is 7.52. The van der Waals surface area contributed by atoms with Gasteiger partial charge in [0, 0.05) is 25.2 Å². The first-order valence-electron chi connectivity index (χ1n) is 12.1. The van der Waals surface area contributed by atoms with Crippen LogP contribution in [0.1, 0.15) is 63.4 Å². The molecule has 31 heavy (non-hydrogen) atoms. The molecule has 5 heteroatoms. The van der Waals surface area contributed by atoms with Gasteiger partial charge >= 0.3 is 6.03 Å². The molecule has 3 aliphatic carbocycles. The molecule has 2 amide bonds. The third kappa shape index (κ3) is 3.44. The second-order valence-corrected chi connectivity index (χ2v) is 11.0. The molecule has 4 aliphatic rings. The van der Waals surface area contributed by atoms with Gasteiger partial charge in [0.1, 0.15) is 0 Å². The number of hydrogen-bond acceptors (Lipinski definition) is 3. The van der Waals surface area contributed by atoms with Crippen molar-refractivity contribution in [2.75, 3.05) is 33.7 Å². The van der Waals surface area contributed by atoms with Crippen LogP contribution in [0, 0.1) is 22.7 Å². The van der Waals surface area contributed by atoms with Crippen LogP contribution in [-0.4, -0.2) is 60.0 Å². The van der Waals surface area contributed by atoms with Gasteiger partial charge in [0.2, 0.25) is 0 Å². The molecule has 0 unspecified atom stereocenters. The number of hydrogen-bond donors (Lipinski definition) is 0. The van der Waals surface area contributed by atoms with Crippen LogP contribution in [0.3, 0.4) is 0 Å². The van der Waals surface area contributed by atoms with Crippen LogP contribution in [0.25, 0.3) is 0 Å².